The Labute approximate surface area is 128 Å². The minimum atomic E-state index is -0.128. The number of hydrogen-bond donors (Lipinski definition) is 0. The predicted molar refractivity (Wildman–Crippen MR) is 86.8 cm³/mol. The van der Waals surface area contributed by atoms with Gasteiger partial charge in [0.05, 0.1) is 10.9 Å². The molecule has 22 heavy (non-hydrogen) atoms. The van der Waals surface area contributed by atoms with Crippen LogP contribution in [0.3, 0.4) is 0 Å². The Morgan fingerprint density at radius 2 is 1.73 bits per heavy atom. The molecule has 0 saturated carbocycles. The second-order valence-corrected chi connectivity index (χ2v) is 5.52. The molecule has 0 unspecified atom stereocenters. The first kappa shape index (κ1) is 14.1. The van der Waals surface area contributed by atoms with Crippen LogP contribution in [0.4, 0.5) is 0 Å². The second-order valence-electron chi connectivity index (χ2n) is 5.52. The molecule has 0 atom stereocenters. The van der Waals surface area contributed by atoms with Crippen molar-refractivity contribution < 1.29 is 4.42 Å². The lowest BCUT2D eigenvalue weighted by Gasteiger charge is -2.08. The van der Waals surface area contributed by atoms with Gasteiger partial charge in [-0.3, -0.25) is 4.79 Å². The molecule has 3 heteroatoms. The topological polar surface area (TPSA) is 54.0 Å². The summed E-state index contributed by atoms with van der Waals surface area (Å²) in [6.07, 6.45) is 0. The van der Waals surface area contributed by atoms with Crippen molar-refractivity contribution >= 4 is 11.0 Å². The van der Waals surface area contributed by atoms with E-state index in [1.807, 2.05) is 45.0 Å². The first-order valence-corrected chi connectivity index (χ1v) is 7.06. The van der Waals surface area contributed by atoms with Crippen LogP contribution in [0.2, 0.25) is 0 Å². The molecule has 0 spiro atoms. The summed E-state index contributed by atoms with van der Waals surface area (Å²) in [5, 5.41) is 9.87. The van der Waals surface area contributed by atoms with Crippen LogP contribution in [0, 0.1) is 32.1 Å². The van der Waals surface area contributed by atoms with Gasteiger partial charge in [-0.05, 0) is 38.0 Å². The molecule has 0 N–H and O–H groups in total. The first-order valence-electron chi connectivity index (χ1n) is 7.06. The zero-order valence-electron chi connectivity index (χ0n) is 12.7. The molecule has 0 fully saturated rings. The van der Waals surface area contributed by atoms with Gasteiger partial charge in [-0.15, -0.1) is 0 Å². The summed E-state index contributed by atoms with van der Waals surface area (Å²) in [4.78, 5) is 12.4. The van der Waals surface area contributed by atoms with E-state index in [0.717, 1.165) is 22.3 Å². The molecule has 2 aromatic carbocycles. The Morgan fingerprint density at radius 1 is 1.05 bits per heavy atom. The van der Waals surface area contributed by atoms with Crippen LogP contribution in [-0.2, 0) is 0 Å². The van der Waals surface area contributed by atoms with Crippen LogP contribution >= 0.6 is 0 Å². The molecular formula is C19H15NO2. The van der Waals surface area contributed by atoms with Gasteiger partial charge in [-0.1, -0.05) is 29.8 Å². The average molecular weight is 289 g/mol. The van der Waals surface area contributed by atoms with Gasteiger partial charge in [0.1, 0.15) is 11.8 Å². The van der Waals surface area contributed by atoms with Gasteiger partial charge in [-0.2, -0.15) is 5.26 Å². The molecule has 0 radical (unpaired) electrons. The smallest absolute Gasteiger partial charge is 0.193 e. The molecule has 1 aromatic heterocycles. The molecule has 0 amide bonds. The number of rotatable bonds is 1. The minimum absolute atomic E-state index is 0.128. The van der Waals surface area contributed by atoms with Gasteiger partial charge in [0.25, 0.3) is 0 Å². The predicted octanol–water partition coefficient (Wildman–Crippen LogP) is 4.26. The Morgan fingerprint density at radius 3 is 2.36 bits per heavy atom. The van der Waals surface area contributed by atoms with E-state index >= 15 is 0 Å². The lowest BCUT2D eigenvalue weighted by atomic mass is 10.00. The summed E-state index contributed by atoms with van der Waals surface area (Å²) >= 11 is 0. The van der Waals surface area contributed by atoms with Crippen molar-refractivity contribution in [1.29, 1.82) is 5.26 Å². The molecule has 0 bridgehead atoms. The summed E-state index contributed by atoms with van der Waals surface area (Å²) in [7, 11) is 0. The van der Waals surface area contributed by atoms with Crippen molar-refractivity contribution in [3.05, 3.63) is 68.9 Å². The Hall–Kier alpha value is -2.86. The first-order chi connectivity index (χ1) is 10.5. The normalized spacial score (nSPS) is 10.6. The Kier molecular flexibility index (Phi) is 3.30. The van der Waals surface area contributed by atoms with E-state index in [-0.39, 0.29) is 5.43 Å². The van der Waals surface area contributed by atoms with Crippen molar-refractivity contribution in [3.8, 4) is 17.4 Å². The molecule has 0 aliphatic rings. The number of nitrogens with zero attached hydrogens (tertiary/aromatic N) is 1. The number of nitriles is 1. The van der Waals surface area contributed by atoms with Gasteiger partial charge in [0.2, 0.25) is 0 Å². The summed E-state index contributed by atoms with van der Waals surface area (Å²) in [5.41, 5.74) is 4.40. The lowest BCUT2D eigenvalue weighted by Crippen LogP contribution is -2.03. The summed E-state index contributed by atoms with van der Waals surface area (Å²) < 4.78 is 5.90. The molecule has 3 rings (SSSR count). The Bertz CT molecular complexity index is 973. The second kappa shape index (κ2) is 5.16. The van der Waals surface area contributed by atoms with E-state index in [1.54, 1.807) is 6.07 Å². The van der Waals surface area contributed by atoms with Crippen LogP contribution in [0.15, 0.2) is 45.6 Å². The van der Waals surface area contributed by atoms with Gasteiger partial charge < -0.3 is 4.42 Å². The average Bonchev–Trinajstić information content (AvgIpc) is 2.50. The van der Waals surface area contributed by atoms with Crippen LogP contribution in [0.1, 0.15) is 22.3 Å². The van der Waals surface area contributed by atoms with E-state index in [4.69, 9.17) is 4.42 Å². The maximum absolute atomic E-state index is 12.4. The fourth-order valence-electron chi connectivity index (χ4n) is 2.51. The summed E-state index contributed by atoms with van der Waals surface area (Å²) in [5.74, 6) is 0.484. The maximum Gasteiger partial charge on any atom is 0.193 e. The standard InChI is InChI=1S/C19H15NO2/c1-11-4-6-14(7-5-11)18-9-17(21)15-8-12(2)13(3)16(10-20)19(15)22-18/h4-9H,1-3H3. The van der Waals surface area contributed by atoms with Crippen molar-refractivity contribution in [3.63, 3.8) is 0 Å². The molecule has 0 aliphatic carbocycles. The number of aryl methyl sites for hydroxylation is 2. The number of hydrogen-bond acceptors (Lipinski definition) is 3. The molecular weight excluding hydrogens is 274 g/mol. The van der Waals surface area contributed by atoms with Crippen molar-refractivity contribution in [2.75, 3.05) is 0 Å². The third kappa shape index (κ3) is 2.19. The van der Waals surface area contributed by atoms with Gasteiger partial charge in [-0.25, -0.2) is 0 Å². The van der Waals surface area contributed by atoms with Crippen LogP contribution in [-0.4, -0.2) is 0 Å². The molecule has 108 valence electrons. The molecule has 1 heterocycles. The van der Waals surface area contributed by atoms with Crippen molar-refractivity contribution in [2.24, 2.45) is 0 Å². The lowest BCUT2D eigenvalue weighted by molar-refractivity contribution is 0.617. The van der Waals surface area contributed by atoms with E-state index in [9.17, 15) is 10.1 Å². The SMILES string of the molecule is Cc1ccc(-c2cc(=O)c3cc(C)c(C)c(C#N)c3o2)cc1. The van der Waals surface area contributed by atoms with Crippen LogP contribution in [0.5, 0.6) is 0 Å². The third-order valence-corrected chi connectivity index (χ3v) is 3.99. The zero-order valence-corrected chi connectivity index (χ0v) is 12.7. The van der Waals surface area contributed by atoms with Gasteiger partial charge in [0, 0.05) is 11.6 Å². The molecule has 0 aliphatic heterocycles. The summed E-state index contributed by atoms with van der Waals surface area (Å²) in [6, 6.07) is 13.2. The van der Waals surface area contributed by atoms with Gasteiger partial charge >= 0.3 is 0 Å². The van der Waals surface area contributed by atoms with E-state index < -0.39 is 0 Å². The zero-order chi connectivity index (χ0) is 15.9. The summed E-state index contributed by atoms with van der Waals surface area (Å²) in [6.45, 7) is 5.76. The quantitative estimate of drug-likeness (QED) is 0.672. The van der Waals surface area contributed by atoms with E-state index in [1.165, 1.54) is 6.07 Å². The maximum atomic E-state index is 12.4. The number of fused-ring (bicyclic) bond motifs is 1. The fraction of sp³-hybridized carbons (Fsp3) is 0.158. The Balaban J connectivity index is 2.37. The molecule has 0 saturated heterocycles. The van der Waals surface area contributed by atoms with Crippen LogP contribution < -0.4 is 5.43 Å². The monoisotopic (exact) mass is 289 g/mol. The highest BCUT2D eigenvalue weighted by Crippen LogP contribution is 2.27. The van der Waals surface area contributed by atoms with Crippen molar-refractivity contribution in [2.45, 2.75) is 20.8 Å². The molecule has 3 nitrogen and oxygen atoms in total. The molecule has 3 aromatic rings. The van der Waals surface area contributed by atoms with Crippen molar-refractivity contribution in [1.82, 2.24) is 0 Å². The highest BCUT2D eigenvalue weighted by Gasteiger charge is 2.14. The van der Waals surface area contributed by atoms with Crippen LogP contribution in [0.25, 0.3) is 22.3 Å². The van der Waals surface area contributed by atoms with Gasteiger partial charge in [0.15, 0.2) is 11.0 Å². The highest BCUT2D eigenvalue weighted by atomic mass is 16.3. The van der Waals surface area contributed by atoms with E-state index in [2.05, 4.69) is 6.07 Å². The largest absolute Gasteiger partial charge is 0.454 e. The van der Waals surface area contributed by atoms with E-state index in [0.29, 0.717) is 22.3 Å². The number of benzene rings is 2. The minimum Gasteiger partial charge on any atom is -0.454 e. The highest BCUT2D eigenvalue weighted by molar-refractivity contribution is 5.86. The third-order valence-electron chi connectivity index (χ3n) is 3.99. The fourth-order valence-corrected chi connectivity index (χ4v) is 2.51.